The molecule has 0 bridgehead atoms. The van der Waals surface area contributed by atoms with Gasteiger partial charge < -0.3 is 19.4 Å². The van der Waals surface area contributed by atoms with Crippen LogP contribution in [-0.4, -0.2) is 35.7 Å². The highest BCUT2D eigenvalue weighted by Crippen LogP contribution is 2.19. The van der Waals surface area contributed by atoms with Crippen molar-refractivity contribution < 1.29 is 14.3 Å². The molecule has 0 spiro atoms. The number of carbonyl (C=O) groups is 1. The second-order valence-electron chi connectivity index (χ2n) is 7.03. The number of aromatic nitrogens is 2. The van der Waals surface area contributed by atoms with E-state index in [1.54, 1.807) is 7.11 Å². The van der Waals surface area contributed by atoms with Crippen molar-refractivity contribution in [2.24, 2.45) is 0 Å². The largest absolute Gasteiger partial charge is 0.497 e. The first kappa shape index (κ1) is 20.9. The van der Waals surface area contributed by atoms with Crippen molar-refractivity contribution in [2.75, 3.05) is 20.3 Å². The lowest BCUT2D eigenvalue weighted by atomic mass is 10.3. The van der Waals surface area contributed by atoms with Crippen LogP contribution in [0.2, 0.25) is 0 Å². The van der Waals surface area contributed by atoms with Gasteiger partial charge in [0.05, 0.1) is 29.6 Å². The molecule has 160 valence electrons. The van der Waals surface area contributed by atoms with Gasteiger partial charge >= 0.3 is 0 Å². The normalized spacial score (nSPS) is 10.9. The number of methoxy groups -OCH3 is 1. The number of para-hydroxylation sites is 2. The molecular formula is C24H25N3O3S. The summed E-state index contributed by atoms with van der Waals surface area (Å²) in [6.45, 7) is 1.95. The molecule has 0 fully saturated rings. The molecule has 0 aliphatic heterocycles. The molecule has 4 rings (SSSR count). The zero-order valence-corrected chi connectivity index (χ0v) is 18.2. The molecule has 2 aromatic heterocycles. The number of hydrogen-bond donors (Lipinski definition) is 1. The van der Waals surface area contributed by atoms with E-state index in [9.17, 15) is 4.79 Å². The van der Waals surface area contributed by atoms with Crippen molar-refractivity contribution in [3.05, 3.63) is 76.7 Å². The van der Waals surface area contributed by atoms with E-state index in [-0.39, 0.29) is 5.91 Å². The van der Waals surface area contributed by atoms with E-state index >= 15 is 0 Å². The number of fused-ring (bicyclic) bond motifs is 1. The van der Waals surface area contributed by atoms with Gasteiger partial charge in [0.25, 0.3) is 5.91 Å². The number of nitrogens with zero attached hydrogens (tertiary/aromatic N) is 2. The minimum atomic E-state index is -0.0365. The number of thiophene rings is 1. The number of rotatable bonds is 10. The molecule has 1 N–H and O–H groups in total. The van der Waals surface area contributed by atoms with Gasteiger partial charge in [-0.2, -0.15) is 0 Å². The van der Waals surface area contributed by atoms with E-state index in [4.69, 9.17) is 14.5 Å². The highest BCUT2D eigenvalue weighted by molar-refractivity contribution is 7.12. The van der Waals surface area contributed by atoms with Crippen LogP contribution in [0.15, 0.2) is 66.0 Å². The molecule has 0 atom stereocenters. The third-order valence-electron chi connectivity index (χ3n) is 4.97. The summed E-state index contributed by atoms with van der Waals surface area (Å²) in [6.07, 6.45) is 1.52. The molecule has 2 heterocycles. The summed E-state index contributed by atoms with van der Waals surface area (Å²) in [7, 11) is 1.65. The fraction of sp³-hybridized carbons (Fsp3) is 0.250. The fourth-order valence-electron chi connectivity index (χ4n) is 3.43. The molecular weight excluding hydrogens is 410 g/mol. The average Bonchev–Trinajstić information content (AvgIpc) is 3.46. The molecule has 7 heteroatoms. The SMILES string of the molecule is COc1ccc(OCCCn2c(CCNC(=O)c3cccs3)nc3ccccc32)cc1. The lowest BCUT2D eigenvalue weighted by Crippen LogP contribution is -2.25. The van der Waals surface area contributed by atoms with Gasteiger partial charge in [-0.15, -0.1) is 11.3 Å². The minimum absolute atomic E-state index is 0.0365. The van der Waals surface area contributed by atoms with Gasteiger partial charge in [0.1, 0.15) is 17.3 Å². The zero-order valence-electron chi connectivity index (χ0n) is 17.4. The number of benzene rings is 2. The van der Waals surface area contributed by atoms with Crippen molar-refractivity contribution in [2.45, 2.75) is 19.4 Å². The van der Waals surface area contributed by atoms with Gasteiger partial charge in [-0.3, -0.25) is 4.79 Å². The maximum Gasteiger partial charge on any atom is 0.261 e. The molecule has 0 aliphatic rings. The van der Waals surface area contributed by atoms with Crippen LogP contribution in [0.3, 0.4) is 0 Å². The number of carbonyl (C=O) groups excluding carboxylic acids is 1. The average molecular weight is 436 g/mol. The fourth-order valence-corrected chi connectivity index (χ4v) is 4.07. The summed E-state index contributed by atoms with van der Waals surface area (Å²) in [4.78, 5) is 17.7. The molecule has 4 aromatic rings. The highest BCUT2D eigenvalue weighted by Gasteiger charge is 2.12. The van der Waals surface area contributed by atoms with Crippen LogP contribution < -0.4 is 14.8 Å². The maximum atomic E-state index is 12.2. The number of amides is 1. The monoisotopic (exact) mass is 435 g/mol. The van der Waals surface area contributed by atoms with Crippen LogP contribution in [0, 0.1) is 0 Å². The molecule has 2 aromatic carbocycles. The molecule has 1 amide bonds. The van der Waals surface area contributed by atoms with Crippen molar-refractivity contribution in [1.82, 2.24) is 14.9 Å². The van der Waals surface area contributed by atoms with E-state index in [0.29, 0.717) is 19.6 Å². The third kappa shape index (κ3) is 5.24. The first-order chi connectivity index (χ1) is 15.2. The van der Waals surface area contributed by atoms with E-state index in [1.807, 2.05) is 60.0 Å². The quantitative estimate of drug-likeness (QED) is 0.371. The molecule has 31 heavy (non-hydrogen) atoms. The molecule has 0 radical (unpaired) electrons. The molecule has 0 saturated heterocycles. The van der Waals surface area contributed by atoms with E-state index < -0.39 is 0 Å². The number of hydrogen-bond acceptors (Lipinski definition) is 5. The lowest BCUT2D eigenvalue weighted by molar-refractivity contribution is 0.0958. The van der Waals surface area contributed by atoms with Gasteiger partial charge in [-0.25, -0.2) is 4.98 Å². The summed E-state index contributed by atoms with van der Waals surface area (Å²) in [5, 5.41) is 4.89. The second kappa shape index (κ2) is 10.1. The zero-order chi connectivity index (χ0) is 21.5. The molecule has 0 aliphatic carbocycles. The van der Waals surface area contributed by atoms with Crippen LogP contribution in [-0.2, 0) is 13.0 Å². The predicted octanol–water partition coefficient (Wildman–Crippen LogP) is 4.55. The van der Waals surface area contributed by atoms with E-state index in [2.05, 4.69) is 16.0 Å². The van der Waals surface area contributed by atoms with E-state index in [0.717, 1.165) is 46.2 Å². The van der Waals surface area contributed by atoms with Gasteiger partial charge in [-0.05, 0) is 54.3 Å². The maximum absolute atomic E-state index is 12.2. The van der Waals surface area contributed by atoms with Crippen LogP contribution in [0.5, 0.6) is 11.5 Å². The Morgan fingerprint density at radius 1 is 1.06 bits per heavy atom. The topological polar surface area (TPSA) is 65.4 Å². The summed E-state index contributed by atoms with van der Waals surface area (Å²) >= 11 is 1.44. The lowest BCUT2D eigenvalue weighted by Gasteiger charge is -2.11. The highest BCUT2D eigenvalue weighted by atomic mass is 32.1. The van der Waals surface area contributed by atoms with Crippen molar-refractivity contribution in [1.29, 1.82) is 0 Å². The summed E-state index contributed by atoms with van der Waals surface area (Å²) in [5.41, 5.74) is 2.07. The Hall–Kier alpha value is -3.32. The Labute approximate surface area is 185 Å². The Bertz CT molecular complexity index is 1120. The van der Waals surface area contributed by atoms with Crippen LogP contribution in [0.1, 0.15) is 21.9 Å². The molecule has 0 unspecified atom stereocenters. The van der Waals surface area contributed by atoms with Gasteiger partial charge in [-0.1, -0.05) is 18.2 Å². The third-order valence-corrected chi connectivity index (χ3v) is 5.84. The Morgan fingerprint density at radius 2 is 1.87 bits per heavy atom. The summed E-state index contributed by atoms with van der Waals surface area (Å²) in [5.74, 6) is 2.57. The second-order valence-corrected chi connectivity index (χ2v) is 7.98. The summed E-state index contributed by atoms with van der Waals surface area (Å²) in [6, 6.07) is 19.4. The van der Waals surface area contributed by atoms with Crippen molar-refractivity contribution >= 4 is 28.3 Å². The smallest absolute Gasteiger partial charge is 0.261 e. The van der Waals surface area contributed by atoms with Gasteiger partial charge in [0.15, 0.2) is 0 Å². The molecule has 6 nitrogen and oxygen atoms in total. The van der Waals surface area contributed by atoms with Crippen molar-refractivity contribution in [3.8, 4) is 11.5 Å². The Kier molecular flexibility index (Phi) is 6.84. The molecule has 0 saturated carbocycles. The summed E-state index contributed by atoms with van der Waals surface area (Å²) < 4.78 is 13.3. The van der Waals surface area contributed by atoms with Crippen LogP contribution >= 0.6 is 11.3 Å². The predicted molar refractivity (Wildman–Crippen MR) is 123 cm³/mol. The number of imidazole rings is 1. The number of nitrogens with one attached hydrogen (secondary N) is 1. The van der Waals surface area contributed by atoms with Crippen LogP contribution in [0.25, 0.3) is 11.0 Å². The Morgan fingerprint density at radius 3 is 2.65 bits per heavy atom. The van der Waals surface area contributed by atoms with Crippen molar-refractivity contribution in [3.63, 3.8) is 0 Å². The number of aryl methyl sites for hydroxylation is 1. The minimum Gasteiger partial charge on any atom is -0.497 e. The van der Waals surface area contributed by atoms with Crippen LogP contribution in [0.4, 0.5) is 0 Å². The standard InChI is InChI=1S/C24H25N3O3S/c1-29-18-9-11-19(12-10-18)30-16-5-15-27-21-7-3-2-6-20(21)26-23(27)13-14-25-24(28)22-8-4-17-31-22/h2-4,6-12,17H,5,13-16H2,1H3,(H,25,28). The van der Waals surface area contributed by atoms with Gasteiger partial charge in [0, 0.05) is 19.5 Å². The first-order valence-electron chi connectivity index (χ1n) is 10.3. The Balaban J connectivity index is 1.36. The van der Waals surface area contributed by atoms with E-state index in [1.165, 1.54) is 11.3 Å². The first-order valence-corrected chi connectivity index (χ1v) is 11.2. The number of ether oxygens (including phenoxy) is 2. The van der Waals surface area contributed by atoms with Gasteiger partial charge in [0.2, 0.25) is 0 Å².